The Balaban J connectivity index is 1.65. The number of para-hydroxylation sites is 1. The molecule has 0 fully saturated rings. The number of anilines is 1. The first-order chi connectivity index (χ1) is 14.2. The van der Waals surface area contributed by atoms with Crippen LogP contribution in [0, 0.1) is 6.92 Å². The van der Waals surface area contributed by atoms with Gasteiger partial charge in [-0.25, -0.2) is 9.97 Å². The molecule has 6 nitrogen and oxygen atoms in total. The van der Waals surface area contributed by atoms with Gasteiger partial charge >= 0.3 is 0 Å². The summed E-state index contributed by atoms with van der Waals surface area (Å²) in [7, 11) is 1.60. The van der Waals surface area contributed by atoms with Crippen molar-refractivity contribution in [2.75, 3.05) is 18.6 Å². The van der Waals surface area contributed by atoms with E-state index in [2.05, 4.69) is 4.98 Å². The van der Waals surface area contributed by atoms with Crippen LogP contribution in [0.25, 0.3) is 10.2 Å². The average Bonchev–Trinajstić information content (AvgIpc) is 3.41. The number of hydrogen-bond donors (Lipinski definition) is 0. The first-order valence-electron chi connectivity index (χ1n) is 9.43. The van der Waals surface area contributed by atoms with Gasteiger partial charge in [0.25, 0.3) is 5.91 Å². The Labute approximate surface area is 173 Å². The van der Waals surface area contributed by atoms with Gasteiger partial charge in [0.15, 0.2) is 5.13 Å². The molecule has 0 aliphatic rings. The van der Waals surface area contributed by atoms with Crippen molar-refractivity contribution in [1.29, 1.82) is 0 Å². The Morgan fingerprint density at radius 2 is 2.10 bits per heavy atom. The molecule has 0 saturated carbocycles. The van der Waals surface area contributed by atoms with Gasteiger partial charge < -0.3 is 9.30 Å². The van der Waals surface area contributed by atoms with Crippen molar-refractivity contribution < 1.29 is 9.53 Å². The van der Waals surface area contributed by atoms with Crippen LogP contribution in [0.2, 0.25) is 0 Å². The summed E-state index contributed by atoms with van der Waals surface area (Å²) in [6, 6.07) is 13.4. The van der Waals surface area contributed by atoms with E-state index >= 15 is 0 Å². The van der Waals surface area contributed by atoms with E-state index in [1.165, 1.54) is 0 Å². The van der Waals surface area contributed by atoms with Crippen molar-refractivity contribution >= 4 is 32.6 Å². The van der Waals surface area contributed by atoms with Gasteiger partial charge in [-0.2, -0.15) is 0 Å². The van der Waals surface area contributed by atoms with E-state index in [1.807, 2.05) is 54.1 Å². The summed E-state index contributed by atoms with van der Waals surface area (Å²) in [4.78, 5) is 24.0. The molecule has 0 bridgehead atoms. The van der Waals surface area contributed by atoms with Gasteiger partial charge in [0.2, 0.25) is 0 Å². The number of hydrogen-bond acceptors (Lipinski definition) is 5. The molecule has 0 N–H and O–H groups in total. The molecule has 4 aromatic rings. The fraction of sp³-hybridized carbons (Fsp3) is 0.227. The molecular weight excluding hydrogens is 384 g/mol. The highest BCUT2D eigenvalue weighted by Crippen LogP contribution is 2.31. The minimum absolute atomic E-state index is 0.0776. The molecule has 0 unspecified atom stereocenters. The summed E-state index contributed by atoms with van der Waals surface area (Å²) in [6.07, 6.45) is 6.26. The third-order valence-electron chi connectivity index (χ3n) is 4.76. The number of aromatic nitrogens is 3. The van der Waals surface area contributed by atoms with Gasteiger partial charge in [-0.3, -0.25) is 9.69 Å². The fourth-order valence-electron chi connectivity index (χ4n) is 3.22. The number of amides is 1. The summed E-state index contributed by atoms with van der Waals surface area (Å²) < 4.78 is 8.38. The number of rotatable bonds is 7. The minimum Gasteiger partial charge on any atom is -0.497 e. The quantitative estimate of drug-likeness (QED) is 0.452. The van der Waals surface area contributed by atoms with Crippen LogP contribution in [0.15, 0.2) is 61.2 Å². The van der Waals surface area contributed by atoms with E-state index in [0.717, 1.165) is 28.7 Å². The Kier molecular flexibility index (Phi) is 5.57. The van der Waals surface area contributed by atoms with Crippen LogP contribution in [0.4, 0.5) is 5.13 Å². The van der Waals surface area contributed by atoms with Crippen molar-refractivity contribution in [2.45, 2.75) is 19.9 Å². The molecule has 1 amide bonds. The second-order valence-corrected chi connectivity index (χ2v) is 7.77. The molecule has 148 valence electrons. The summed E-state index contributed by atoms with van der Waals surface area (Å²) in [5.74, 6) is 0.584. The van der Waals surface area contributed by atoms with Gasteiger partial charge in [0.1, 0.15) is 5.75 Å². The molecule has 0 radical (unpaired) electrons. The maximum Gasteiger partial charge on any atom is 0.260 e. The monoisotopic (exact) mass is 406 g/mol. The van der Waals surface area contributed by atoms with E-state index in [0.29, 0.717) is 23.0 Å². The third-order valence-corrected chi connectivity index (χ3v) is 5.80. The molecule has 4 rings (SSSR count). The number of nitrogens with zero attached hydrogens (tertiary/aromatic N) is 4. The van der Waals surface area contributed by atoms with E-state index in [1.54, 1.807) is 41.9 Å². The maximum absolute atomic E-state index is 13.4. The zero-order valence-corrected chi connectivity index (χ0v) is 17.2. The Morgan fingerprint density at radius 1 is 1.24 bits per heavy atom. The normalized spacial score (nSPS) is 11.0. The zero-order valence-electron chi connectivity index (χ0n) is 16.4. The van der Waals surface area contributed by atoms with E-state index in [-0.39, 0.29) is 5.91 Å². The number of ether oxygens (including phenoxy) is 1. The predicted molar refractivity (Wildman–Crippen MR) is 116 cm³/mol. The summed E-state index contributed by atoms with van der Waals surface area (Å²) in [6.45, 7) is 3.39. The maximum atomic E-state index is 13.4. The highest BCUT2D eigenvalue weighted by atomic mass is 32.1. The molecule has 7 heteroatoms. The van der Waals surface area contributed by atoms with Gasteiger partial charge in [-0.1, -0.05) is 29.5 Å². The number of thiazole rings is 1. The molecule has 2 aromatic carbocycles. The molecule has 0 aliphatic heterocycles. The first kappa shape index (κ1) is 19.1. The van der Waals surface area contributed by atoms with E-state index < -0.39 is 0 Å². The Bertz CT molecular complexity index is 1120. The van der Waals surface area contributed by atoms with Gasteiger partial charge in [0.05, 0.1) is 23.7 Å². The fourth-order valence-corrected chi connectivity index (χ4v) is 4.28. The van der Waals surface area contributed by atoms with Gasteiger partial charge in [0, 0.05) is 31.0 Å². The standard InChI is InChI=1S/C22H22N4O2S/c1-16-6-3-9-19-20(16)24-22(29-19)26(12-5-11-25-13-10-23-15-25)21(27)17-7-4-8-18(14-17)28-2/h3-4,6-10,13-15H,5,11-12H2,1-2H3. The largest absolute Gasteiger partial charge is 0.497 e. The lowest BCUT2D eigenvalue weighted by Crippen LogP contribution is -2.32. The topological polar surface area (TPSA) is 60.2 Å². The van der Waals surface area contributed by atoms with Crippen LogP contribution in [0.3, 0.4) is 0 Å². The molecule has 29 heavy (non-hydrogen) atoms. The molecule has 2 aromatic heterocycles. The lowest BCUT2D eigenvalue weighted by Gasteiger charge is -2.20. The van der Waals surface area contributed by atoms with Crippen LogP contribution in [-0.2, 0) is 6.54 Å². The van der Waals surface area contributed by atoms with Gasteiger partial charge in [-0.15, -0.1) is 0 Å². The summed E-state index contributed by atoms with van der Waals surface area (Å²) in [5, 5.41) is 0.716. The van der Waals surface area contributed by atoms with Crippen molar-refractivity contribution in [2.24, 2.45) is 0 Å². The van der Waals surface area contributed by atoms with E-state index in [4.69, 9.17) is 9.72 Å². The first-order valence-corrected chi connectivity index (χ1v) is 10.2. The van der Waals surface area contributed by atoms with Gasteiger partial charge in [-0.05, 0) is 43.2 Å². The van der Waals surface area contributed by atoms with Crippen LogP contribution in [0.5, 0.6) is 5.75 Å². The lowest BCUT2D eigenvalue weighted by atomic mass is 10.2. The number of imidazole rings is 1. The molecule has 0 aliphatic carbocycles. The summed E-state index contributed by atoms with van der Waals surface area (Å²) in [5.41, 5.74) is 2.64. The number of carbonyl (C=O) groups excluding carboxylic acids is 1. The molecular formula is C22H22N4O2S. The number of fused-ring (bicyclic) bond motifs is 1. The summed E-state index contributed by atoms with van der Waals surface area (Å²) >= 11 is 1.54. The van der Waals surface area contributed by atoms with Crippen LogP contribution in [-0.4, -0.2) is 34.1 Å². The highest BCUT2D eigenvalue weighted by molar-refractivity contribution is 7.22. The van der Waals surface area contributed by atoms with Crippen molar-refractivity contribution in [3.05, 3.63) is 72.3 Å². The average molecular weight is 407 g/mol. The molecule has 0 spiro atoms. The highest BCUT2D eigenvalue weighted by Gasteiger charge is 2.22. The number of methoxy groups -OCH3 is 1. The van der Waals surface area contributed by atoms with Crippen molar-refractivity contribution in [3.8, 4) is 5.75 Å². The van der Waals surface area contributed by atoms with Crippen molar-refractivity contribution in [3.63, 3.8) is 0 Å². The smallest absolute Gasteiger partial charge is 0.260 e. The van der Waals surface area contributed by atoms with Crippen LogP contribution >= 0.6 is 11.3 Å². The minimum atomic E-state index is -0.0776. The number of benzene rings is 2. The lowest BCUT2D eigenvalue weighted by molar-refractivity contribution is 0.0986. The SMILES string of the molecule is COc1cccc(C(=O)N(CCCn2ccnc2)c2nc3c(C)cccc3s2)c1. The molecule has 2 heterocycles. The van der Waals surface area contributed by atoms with E-state index in [9.17, 15) is 4.79 Å². The van der Waals surface area contributed by atoms with Crippen LogP contribution < -0.4 is 9.64 Å². The zero-order chi connectivity index (χ0) is 20.2. The van der Waals surface area contributed by atoms with Crippen LogP contribution in [0.1, 0.15) is 22.3 Å². The van der Waals surface area contributed by atoms with Crippen molar-refractivity contribution in [1.82, 2.24) is 14.5 Å². The second-order valence-electron chi connectivity index (χ2n) is 6.76. The third kappa shape index (κ3) is 4.14. The number of carbonyl (C=O) groups is 1. The Hall–Kier alpha value is -3.19. The Morgan fingerprint density at radius 3 is 2.86 bits per heavy atom. The predicted octanol–water partition coefficient (Wildman–Crippen LogP) is 4.55. The number of aryl methyl sites for hydroxylation is 2. The second kappa shape index (κ2) is 8.45. The molecule has 0 atom stereocenters. The molecule has 0 saturated heterocycles.